The number of rotatable bonds is 9. The Bertz CT molecular complexity index is 1410. The number of aliphatic imine (C=N–C) groups is 1. The van der Waals surface area contributed by atoms with Crippen LogP contribution in [0.25, 0.3) is 22.0 Å². The quantitative estimate of drug-likeness (QED) is 0.317. The Morgan fingerprint density at radius 2 is 2.21 bits per heavy atom. The molecule has 0 bridgehead atoms. The number of thiazole rings is 1. The molecule has 208 valence electrons. The maximum absolute atomic E-state index is 12.9. The van der Waals surface area contributed by atoms with Crippen LogP contribution in [0.15, 0.2) is 34.2 Å². The number of allylic oxidation sites excluding steroid dienone is 1. The van der Waals surface area contributed by atoms with Gasteiger partial charge in [0.1, 0.15) is 11.6 Å². The fourth-order valence-electron chi connectivity index (χ4n) is 4.73. The van der Waals surface area contributed by atoms with E-state index in [4.69, 9.17) is 19.2 Å². The molecule has 11 heteroatoms. The van der Waals surface area contributed by atoms with Gasteiger partial charge in [0.05, 0.1) is 18.9 Å². The van der Waals surface area contributed by atoms with E-state index in [1.54, 1.807) is 18.7 Å². The molecular formula is C28H36N6O4S. The molecule has 2 aromatic heterocycles. The lowest BCUT2D eigenvalue weighted by Crippen LogP contribution is -2.25. The predicted molar refractivity (Wildman–Crippen MR) is 153 cm³/mol. The largest absolute Gasteiger partial charge is 0.492 e. The number of aromatic nitrogens is 4. The minimum Gasteiger partial charge on any atom is -0.492 e. The molecule has 3 aromatic rings. The van der Waals surface area contributed by atoms with Gasteiger partial charge in [0.15, 0.2) is 11.4 Å². The number of hydrogen-bond donors (Lipinski definition) is 1. The molecular weight excluding hydrogens is 516 g/mol. The third-order valence-electron chi connectivity index (χ3n) is 6.71. The van der Waals surface area contributed by atoms with Gasteiger partial charge < -0.3 is 19.5 Å². The summed E-state index contributed by atoms with van der Waals surface area (Å²) in [6.07, 6.45) is 7.62. The molecule has 2 aliphatic rings. The number of hydrogen-bond acceptors (Lipinski definition) is 9. The normalized spacial score (nSPS) is 17.7. The van der Waals surface area contributed by atoms with E-state index in [1.165, 1.54) is 16.0 Å². The molecule has 1 N–H and O–H groups in total. The molecule has 5 rings (SSSR count). The summed E-state index contributed by atoms with van der Waals surface area (Å²) in [6, 6.07) is 6.11. The zero-order valence-corrected chi connectivity index (χ0v) is 23.8. The van der Waals surface area contributed by atoms with Crippen molar-refractivity contribution in [1.82, 2.24) is 24.6 Å². The number of nitrogens with zero attached hydrogens (tertiary/aromatic N) is 5. The summed E-state index contributed by atoms with van der Waals surface area (Å²) in [4.78, 5) is 23.1. The Balaban J connectivity index is 1.37. The SMILES string of the molecule is C/N=C\C(=C/NCCOC1CCCCO1)c1ccc2c(c1)OCCc1sc(-n3c(C(C)C)nn(C)c3=O)nc1-2. The van der Waals surface area contributed by atoms with Crippen LogP contribution in [0.3, 0.4) is 0 Å². The van der Waals surface area contributed by atoms with Gasteiger partial charge in [-0.1, -0.05) is 19.9 Å². The number of nitrogens with one attached hydrogen (secondary N) is 1. The van der Waals surface area contributed by atoms with E-state index in [9.17, 15) is 4.79 Å². The average molecular weight is 553 g/mol. The van der Waals surface area contributed by atoms with Crippen LogP contribution in [-0.2, 0) is 22.9 Å². The van der Waals surface area contributed by atoms with Crippen LogP contribution >= 0.6 is 11.3 Å². The molecule has 1 unspecified atom stereocenters. The summed E-state index contributed by atoms with van der Waals surface area (Å²) in [6.45, 7) is 6.60. The van der Waals surface area contributed by atoms with E-state index in [2.05, 4.69) is 15.4 Å². The second-order valence-electron chi connectivity index (χ2n) is 9.94. The van der Waals surface area contributed by atoms with E-state index in [-0.39, 0.29) is 17.9 Å². The molecule has 39 heavy (non-hydrogen) atoms. The molecule has 1 saturated heterocycles. The van der Waals surface area contributed by atoms with E-state index in [1.807, 2.05) is 44.5 Å². The van der Waals surface area contributed by atoms with Gasteiger partial charge in [0.25, 0.3) is 0 Å². The molecule has 1 fully saturated rings. The Hall–Kier alpha value is -3.28. The standard InChI is InChI=1S/C28H36N6O4S/c1-18(2)26-32-33(4)28(35)34(26)27-31-25-21-9-8-19(15-22(21)36-13-10-23(25)39-27)20(16-29-3)17-30-11-14-38-24-7-5-6-12-37-24/h8-9,15-18,24,30H,5-7,10-14H2,1-4H3/b20-17+,29-16-. The number of ether oxygens (including phenoxy) is 3. The van der Waals surface area contributed by atoms with Gasteiger partial charge in [-0.15, -0.1) is 11.3 Å². The van der Waals surface area contributed by atoms with E-state index in [0.717, 1.165) is 58.9 Å². The molecule has 4 heterocycles. The van der Waals surface area contributed by atoms with Crippen LogP contribution in [-0.4, -0.2) is 65.2 Å². The van der Waals surface area contributed by atoms with Gasteiger partial charge in [-0.2, -0.15) is 5.10 Å². The van der Waals surface area contributed by atoms with Crippen LogP contribution in [0.5, 0.6) is 5.75 Å². The van der Waals surface area contributed by atoms with Crippen LogP contribution in [0.4, 0.5) is 0 Å². The minimum absolute atomic E-state index is 0.0898. The molecule has 0 aliphatic carbocycles. The monoisotopic (exact) mass is 552 g/mol. The second kappa shape index (κ2) is 12.3. The highest BCUT2D eigenvalue weighted by molar-refractivity contribution is 7.14. The summed E-state index contributed by atoms with van der Waals surface area (Å²) in [5, 5.41) is 8.41. The molecule has 1 atom stereocenters. The van der Waals surface area contributed by atoms with Gasteiger partial charge in [0.2, 0.25) is 0 Å². The van der Waals surface area contributed by atoms with Crippen molar-refractivity contribution in [1.29, 1.82) is 0 Å². The fraction of sp³-hybridized carbons (Fsp3) is 0.500. The summed E-state index contributed by atoms with van der Waals surface area (Å²) in [5.41, 5.74) is 3.50. The summed E-state index contributed by atoms with van der Waals surface area (Å²) in [7, 11) is 3.43. The van der Waals surface area contributed by atoms with Crippen molar-refractivity contribution in [2.75, 3.05) is 33.4 Å². The van der Waals surface area contributed by atoms with Gasteiger partial charge in [-0.25, -0.2) is 19.0 Å². The lowest BCUT2D eigenvalue weighted by Gasteiger charge is -2.22. The maximum Gasteiger partial charge on any atom is 0.352 e. The van der Waals surface area contributed by atoms with Crippen molar-refractivity contribution in [3.8, 4) is 22.1 Å². The number of benzene rings is 1. The summed E-state index contributed by atoms with van der Waals surface area (Å²) >= 11 is 1.52. The van der Waals surface area contributed by atoms with E-state index >= 15 is 0 Å². The minimum atomic E-state index is -0.188. The van der Waals surface area contributed by atoms with Gasteiger partial charge in [-0.05, 0) is 37.0 Å². The lowest BCUT2D eigenvalue weighted by atomic mass is 10.0. The summed E-state index contributed by atoms with van der Waals surface area (Å²) < 4.78 is 20.6. The van der Waals surface area contributed by atoms with Gasteiger partial charge >= 0.3 is 5.69 Å². The molecule has 2 aliphatic heterocycles. The molecule has 10 nitrogen and oxygen atoms in total. The van der Waals surface area contributed by atoms with Gasteiger partial charge in [-0.3, -0.25) is 4.99 Å². The van der Waals surface area contributed by atoms with Crippen LogP contribution in [0, 0.1) is 0 Å². The van der Waals surface area contributed by atoms with Crippen LogP contribution < -0.4 is 15.7 Å². The first-order chi connectivity index (χ1) is 19.0. The van der Waals surface area contributed by atoms with Crippen LogP contribution in [0.1, 0.15) is 55.3 Å². The van der Waals surface area contributed by atoms with Crippen molar-refractivity contribution in [3.05, 3.63) is 51.1 Å². The summed E-state index contributed by atoms with van der Waals surface area (Å²) in [5.74, 6) is 1.56. The first-order valence-corrected chi connectivity index (χ1v) is 14.3. The molecule has 0 amide bonds. The molecule has 0 radical (unpaired) electrons. The van der Waals surface area contributed by atoms with Crippen molar-refractivity contribution in [3.63, 3.8) is 0 Å². The Kier molecular flexibility index (Phi) is 8.59. The zero-order valence-electron chi connectivity index (χ0n) is 23.0. The molecule has 0 spiro atoms. The smallest absolute Gasteiger partial charge is 0.352 e. The third kappa shape index (κ3) is 6.00. The van der Waals surface area contributed by atoms with Crippen molar-refractivity contribution in [2.24, 2.45) is 12.0 Å². The van der Waals surface area contributed by atoms with Crippen molar-refractivity contribution in [2.45, 2.75) is 51.7 Å². The molecule has 1 aromatic carbocycles. The van der Waals surface area contributed by atoms with E-state index in [0.29, 0.717) is 37.1 Å². The van der Waals surface area contributed by atoms with Crippen molar-refractivity contribution >= 4 is 23.1 Å². The number of aryl methyl sites for hydroxylation is 1. The second-order valence-corrected chi connectivity index (χ2v) is 11.0. The predicted octanol–water partition coefficient (Wildman–Crippen LogP) is 3.93. The Labute approximate surface area is 232 Å². The highest BCUT2D eigenvalue weighted by Crippen LogP contribution is 2.39. The highest BCUT2D eigenvalue weighted by atomic mass is 32.1. The fourth-order valence-corrected chi connectivity index (χ4v) is 5.79. The van der Waals surface area contributed by atoms with Gasteiger partial charge in [0, 0.05) is 68.0 Å². The van der Waals surface area contributed by atoms with Crippen LogP contribution in [0.2, 0.25) is 0 Å². The first-order valence-electron chi connectivity index (χ1n) is 13.5. The Morgan fingerprint density at radius 3 is 2.97 bits per heavy atom. The first kappa shape index (κ1) is 27.3. The lowest BCUT2D eigenvalue weighted by molar-refractivity contribution is -0.161. The average Bonchev–Trinajstić information content (AvgIpc) is 3.43. The number of fused-ring (bicyclic) bond motifs is 3. The highest BCUT2D eigenvalue weighted by Gasteiger charge is 2.25. The maximum atomic E-state index is 12.9. The van der Waals surface area contributed by atoms with Crippen molar-refractivity contribution < 1.29 is 14.2 Å². The topological polar surface area (TPSA) is 105 Å². The van der Waals surface area contributed by atoms with E-state index < -0.39 is 0 Å². The Morgan fingerprint density at radius 1 is 1.33 bits per heavy atom. The molecule has 0 saturated carbocycles. The zero-order chi connectivity index (χ0) is 27.4. The third-order valence-corrected chi connectivity index (χ3v) is 7.81.